The summed E-state index contributed by atoms with van der Waals surface area (Å²) in [5, 5.41) is 6.84. The van der Waals surface area contributed by atoms with Gasteiger partial charge in [-0.15, -0.1) is 0 Å². The number of ether oxygens (including phenoxy) is 2. The zero-order valence-corrected chi connectivity index (χ0v) is 17.2. The van der Waals surface area contributed by atoms with Crippen LogP contribution in [0.1, 0.15) is 5.56 Å². The average Bonchev–Trinajstić information content (AvgIpc) is 3.29. The minimum Gasteiger partial charge on any atom is -0.497 e. The fourth-order valence-electron chi connectivity index (χ4n) is 2.98. The van der Waals surface area contributed by atoms with Crippen LogP contribution in [0.3, 0.4) is 0 Å². The molecule has 0 bridgehead atoms. The molecule has 0 saturated carbocycles. The maximum absolute atomic E-state index is 12.2. The van der Waals surface area contributed by atoms with Gasteiger partial charge in [-0.05, 0) is 55.5 Å². The molecule has 0 spiro atoms. The van der Waals surface area contributed by atoms with Gasteiger partial charge >= 0.3 is 0 Å². The van der Waals surface area contributed by atoms with Crippen LogP contribution in [0.25, 0.3) is 22.8 Å². The molecule has 7 nitrogen and oxygen atoms in total. The van der Waals surface area contributed by atoms with E-state index in [-0.39, 0.29) is 12.5 Å². The van der Waals surface area contributed by atoms with Crippen LogP contribution in [0.5, 0.6) is 11.5 Å². The lowest BCUT2D eigenvalue weighted by molar-refractivity contribution is -0.118. The molecule has 156 valence electrons. The van der Waals surface area contributed by atoms with E-state index in [2.05, 4.69) is 15.5 Å². The Labute approximate surface area is 179 Å². The van der Waals surface area contributed by atoms with E-state index in [0.29, 0.717) is 23.2 Å². The number of hydrogen-bond donors (Lipinski definition) is 1. The van der Waals surface area contributed by atoms with E-state index < -0.39 is 0 Å². The molecule has 1 N–H and O–H groups in total. The van der Waals surface area contributed by atoms with Gasteiger partial charge in [0.05, 0.1) is 7.11 Å². The van der Waals surface area contributed by atoms with Gasteiger partial charge in [-0.25, -0.2) is 0 Å². The summed E-state index contributed by atoms with van der Waals surface area (Å²) in [5.74, 6) is 1.88. The minimum atomic E-state index is -0.267. The highest BCUT2D eigenvalue weighted by atomic mass is 16.5. The highest BCUT2D eigenvalue weighted by Gasteiger charge is 2.12. The second-order valence-corrected chi connectivity index (χ2v) is 6.89. The first kappa shape index (κ1) is 20.2. The van der Waals surface area contributed by atoms with Crippen LogP contribution in [0.15, 0.2) is 77.3 Å². The smallest absolute Gasteiger partial charge is 0.262 e. The van der Waals surface area contributed by atoms with Gasteiger partial charge in [-0.1, -0.05) is 35.0 Å². The Hall–Kier alpha value is -4.13. The molecular formula is C24H21N3O4. The average molecular weight is 415 g/mol. The number of carbonyl (C=O) groups excluding carboxylic acids is 1. The number of amides is 1. The molecule has 0 aliphatic carbocycles. The third kappa shape index (κ3) is 5.08. The van der Waals surface area contributed by atoms with Crippen LogP contribution >= 0.6 is 0 Å². The Kier molecular flexibility index (Phi) is 5.93. The van der Waals surface area contributed by atoms with Crippen LogP contribution in [-0.4, -0.2) is 29.8 Å². The second kappa shape index (κ2) is 9.13. The standard InChI is InChI=1S/C24H21N3O4/c1-16-5-3-7-18(13-16)24-26-23(27-31-24)17-6-4-8-21(14-17)30-15-22(28)25-19-9-11-20(29-2)12-10-19/h3-14H,15H2,1-2H3,(H,25,28). The van der Waals surface area contributed by atoms with Gasteiger partial charge in [-0.3, -0.25) is 4.79 Å². The molecule has 4 rings (SSSR count). The number of carbonyl (C=O) groups is 1. The predicted octanol–water partition coefficient (Wildman–Crippen LogP) is 4.74. The van der Waals surface area contributed by atoms with Crippen molar-refractivity contribution < 1.29 is 18.8 Å². The third-order valence-electron chi connectivity index (χ3n) is 4.53. The van der Waals surface area contributed by atoms with Crippen molar-refractivity contribution in [2.75, 3.05) is 19.0 Å². The quantitative estimate of drug-likeness (QED) is 0.469. The summed E-state index contributed by atoms with van der Waals surface area (Å²) in [6.07, 6.45) is 0. The van der Waals surface area contributed by atoms with Crippen LogP contribution < -0.4 is 14.8 Å². The summed E-state index contributed by atoms with van der Waals surface area (Å²) < 4.78 is 16.1. The molecule has 0 atom stereocenters. The van der Waals surface area contributed by atoms with E-state index in [1.54, 1.807) is 43.5 Å². The SMILES string of the molecule is COc1ccc(NC(=O)COc2cccc(-c3noc(-c4cccc(C)c4)n3)c2)cc1. The molecule has 1 amide bonds. The number of benzene rings is 3. The number of methoxy groups -OCH3 is 1. The van der Waals surface area contributed by atoms with Gasteiger partial charge in [-0.2, -0.15) is 4.98 Å². The molecule has 7 heteroatoms. The van der Waals surface area contributed by atoms with Crippen molar-refractivity contribution in [3.05, 3.63) is 78.4 Å². The van der Waals surface area contributed by atoms with Gasteiger partial charge in [0.2, 0.25) is 5.82 Å². The van der Waals surface area contributed by atoms with Gasteiger partial charge in [0.25, 0.3) is 11.8 Å². The maximum atomic E-state index is 12.2. The monoisotopic (exact) mass is 415 g/mol. The van der Waals surface area contributed by atoms with Crippen molar-refractivity contribution in [2.45, 2.75) is 6.92 Å². The second-order valence-electron chi connectivity index (χ2n) is 6.89. The number of aryl methyl sites for hydroxylation is 1. The Bertz CT molecular complexity index is 1190. The minimum absolute atomic E-state index is 0.129. The van der Waals surface area contributed by atoms with E-state index in [9.17, 15) is 4.79 Å². The molecular weight excluding hydrogens is 394 g/mol. The Morgan fingerprint density at radius 1 is 0.968 bits per heavy atom. The summed E-state index contributed by atoms with van der Waals surface area (Å²) >= 11 is 0. The van der Waals surface area contributed by atoms with Crippen LogP contribution in [0.4, 0.5) is 5.69 Å². The molecule has 1 heterocycles. The Morgan fingerprint density at radius 3 is 2.52 bits per heavy atom. The molecule has 4 aromatic rings. The van der Waals surface area contributed by atoms with Crippen LogP contribution in [0.2, 0.25) is 0 Å². The van der Waals surface area contributed by atoms with E-state index in [4.69, 9.17) is 14.0 Å². The van der Waals surface area contributed by atoms with Crippen LogP contribution in [0, 0.1) is 6.92 Å². The van der Waals surface area contributed by atoms with E-state index in [1.165, 1.54) is 0 Å². The topological polar surface area (TPSA) is 86.5 Å². The Morgan fingerprint density at radius 2 is 1.74 bits per heavy atom. The summed E-state index contributed by atoms with van der Waals surface area (Å²) in [6, 6.07) is 22.1. The van der Waals surface area contributed by atoms with Crippen molar-refractivity contribution in [3.8, 4) is 34.3 Å². The van der Waals surface area contributed by atoms with Gasteiger partial charge in [0.15, 0.2) is 6.61 Å². The first-order chi connectivity index (χ1) is 15.1. The van der Waals surface area contributed by atoms with Crippen molar-refractivity contribution >= 4 is 11.6 Å². The summed E-state index contributed by atoms with van der Waals surface area (Å²) in [6.45, 7) is 1.88. The number of hydrogen-bond acceptors (Lipinski definition) is 6. The van der Waals surface area contributed by atoms with Gasteiger partial charge in [0, 0.05) is 16.8 Å². The van der Waals surface area contributed by atoms with Gasteiger partial charge < -0.3 is 19.3 Å². The molecule has 0 aliphatic rings. The number of rotatable bonds is 7. The molecule has 0 unspecified atom stereocenters. The summed E-state index contributed by atoms with van der Waals surface area (Å²) in [7, 11) is 1.59. The molecule has 0 radical (unpaired) electrons. The number of anilines is 1. The van der Waals surface area contributed by atoms with Crippen molar-refractivity contribution in [2.24, 2.45) is 0 Å². The third-order valence-corrected chi connectivity index (χ3v) is 4.53. The fourth-order valence-corrected chi connectivity index (χ4v) is 2.98. The van der Waals surface area contributed by atoms with E-state index >= 15 is 0 Å². The molecule has 3 aromatic carbocycles. The zero-order chi connectivity index (χ0) is 21.6. The summed E-state index contributed by atoms with van der Waals surface area (Å²) in [5.41, 5.74) is 3.37. The van der Waals surface area contributed by atoms with Gasteiger partial charge in [0.1, 0.15) is 11.5 Å². The highest BCUT2D eigenvalue weighted by Crippen LogP contribution is 2.25. The lowest BCUT2D eigenvalue weighted by Crippen LogP contribution is -2.20. The first-order valence-electron chi connectivity index (χ1n) is 9.68. The predicted molar refractivity (Wildman–Crippen MR) is 117 cm³/mol. The fraction of sp³-hybridized carbons (Fsp3) is 0.125. The van der Waals surface area contributed by atoms with E-state index in [0.717, 1.165) is 22.4 Å². The maximum Gasteiger partial charge on any atom is 0.262 e. The highest BCUT2D eigenvalue weighted by molar-refractivity contribution is 5.91. The summed E-state index contributed by atoms with van der Waals surface area (Å²) in [4.78, 5) is 16.7. The lowest BCUT2D eigenvalue weighted by atomic mass is 10.1. The van der Waals surface area contributed by atoms with E-state index in [1.807, 2.05) is 43.3 Å². The zero-order valence-electron chi connectivity index (χ0n) is 17.2. The van der Waals surface area contributed by atoms with Crippen molar-refractivity contribution in [1.82, 2.24) is 10.1 Å². The molecule has 0 aliphatic heterocycles. The van der Waals surface area contributed by atoms with Crippen molar-refractivity contribution in [3.63, 3.8) is 0 Å². The largest absolute Gasteiger partial charge is 0.497 e. The van der Waals surface area contributed by atoms with Crippen LogP contribution in [-0.2, 0) is 4.79 Å². The first-order valence-corrected chi connectivity index (χ1v) is 9.68. The molecule has 1 aromatic heterocycles. The number of nitrogens with zero attached hydrogens (tertiary/aromatic N) is 2. The molecule has 0 saturated heterocycles. The number of nitrogens with one attached hydrogen (secondary N) is 1. The molecule has 0 fully saturated rings. The molecule has 31 heavy (non-hydrogen) atoms. The number of aromatic nitrogens is 2. The van der Waals surface area contributed by atoms with Crippen molar-refractivity contribution in [1.29, 1.82) is 0 Å². The lowest BCUT2D eigenvalue weighted by Gasteiger charge is -2.08. The Balaban J connectivity index is 1.40. The normalized spacial score (nSPS) is 10.5.